The lowest BCUT2D eigenvalue weighted by Gasteiger charge is -1.91. The number of carbonyl (C=O) groups is 1. The summed E-state index contributed by atoms with van der Waals surface area (Å²) in [6.45, 7) is 6.91. The normalized spacial score (nSPS) is 11.3. The molecule has 2 aromatic heterocycles. The van der Waals surface area contributed by atoms with Crippen LogP contribution in [0.15, 0.2) is 24.5 Å². The number of rotatable bonds is 4. The first-order valence-corrected chi connectivity index (χ1v) is 6.73. The van der Waals surface area contributed by atoms with Crippen molar-refractivity contribution >= 4 is 23.2 Å². The maximum absolute atomic E-state index is 11.9. The summed E-state index contributed by atoms with van der Waals surface area (Å²) in [4.78, 5) is 14.4. The van der Waals surface area contributed by atoms with Crippen LogP contribution in [0.1, 0.15) is 32.6 Å². The SMILES string of the molecule is CCn1cc(C(=O)/C=C/c2cc(C)sc2C)cn1. The Labute approximate surface area is 111 Å². The van der Waals surface area contributed by atoms with Gasteiger partial charge < -0.3 is 0 Å². The second-order valence-corrected chi connectivity index (χ2v) is 5.61. The minimum Gasteiger partial charge on any atom is -0.289 e. The van der Waals surface area contributed by atoms with E-state index in [1.807, 2.05) is 13.0 Å². The zero-order valence-corrected chi connectivity index (χ0v) is 11.6. The van der Waals surface area contributed by atoms with Crippen LogP contribution in [0.3, 0.4) is 0 Å². The molecule has 0 bridgehead atoms. The van der Waals surface area contributed by atoms with Gasteiger partial charge in [-0.3, -0.25) is 9.48 Å². The van der Waals surface area contributed by atoms with Crippen LogP contribution in [0.25, 0.3) is 6.08 Å². The van der Waals surface area contributed by atoms with Gasteiger partial charge in [0.05, 0.1) is 11.8 Å². The van der Waals surface area contributed by atoms with Crippen LogP contribution in [0.2, 0.25) is 0 Å². The summed E-state index contributed by atoms with van der Waals surface area (Å²) in [5.74, 6) is -0.00190. The Kier molecular flexibility index (Phi) is 3.77. The van der Waals surface area contributed by atoms with Gasteiger partial charge in [-0.05, 0) is 44.6 Å². The van der Waals surface area contributed by atoms with E-state index in [2.05, 4.69) is 25.0 Å². The van der Waals surface area contributed by atoms with Gasteiger partial charge in [-0.15, -0.1) is 11.3 Å². The van der Waals surface area contributed by atoms with E-state index in [0.29, 0.717) is 5.56 Å². The molecule has 0 saturated heterocycles. The maximum Gasteiger partial charge on any atom is 0.189 e. The summed E-state index contributed by atoms with van der Waals surface area (Å²) in [6.07, 6.45) is 6.89. The molecule has 0 aliphatic rings. The lowest BCUT2D eigenvalue weighted by Crippen LogP contribution is -1.94. The van der Waals surface area contributed by atoms with Crippen molar-refractivity contribution in [3.8, 4) is 0 Å². The predicted molar refractivity (Wildman–Crippen MR) is 75.1 cm³/mol. The average molecular weight is 260 g/mol. The van der Waals surface area contributed by atoms with Crippen molar-refractivity contribution in [1.82, 2.24) is 9.78 Å². The maximum atomic E-state index is 11.9. The molecular formula is C14H16N2OS. The average Bonchev–Trinajstić information content (AvgIpc) is 2.93. The number of allylic oxidation sites excluding steroid dienone is 1. The van der Waals surface area contributed by atoms with Gasteiger partial charge in [0, 0.05) is 22.5 Å². The third-order valence-electron chi connectivity index (χ3n) is 2.74. The van der Waals surface area contributed by atoms with E-state index >= 15 is 0 Å². The van der Waals surface area contributed by atoms with Crippen molar-refractivity contribution in [3.05, 3.63) is 45.4 Å². The van der Waals surface area contributed by atoms with Crippen LogP contribution in [0.4, 0.5) is 0 Å². The van der Waals surface area contributed by atoms with Gasteiger partial charge in [0.1, 0.15) is 0 Å². The van der Waals surface area contributed by atoms with Gasteiger partial charge in [0.25, 0.3) is 0 Å². The number of nitrogens with zero attached hydrogens (tertiary/aromatic N) is 2. The largest absolute Gasteiger partial charge is 0.289 e. The summed E-state index contributed by atoms with van der Waals surface area (Å²) < 4.78 is 1.75. The van der Waals surface area contributed by atoms with Crippen LogP contribution in [0.5, 0.6) is 0 Å². The van der Waals surface area contributed by atoms with E-state index in [1.165, 1.54) is 9.75 Å². The predicted octanol–water partition coefficient (Wildman–Crippen LogP) is 3.48. The van der Waals surface area contributed by atoms with Gasteiger partial charge in [-0.2, -0.15) is 5.10 Å². The molecule has 2 heterocycles. The number of hydrogen-bond acceptors (Lipinski definition) is 3. The van der Waals surface area contributed by atoms with Gasteiger partial charge in [0.2, 0.25) is 0 Å². The molecule has 0 amide bonds. The van der Waals surface area contributed by atoms with Gasteiger partial charge >= 0.3 is 0 Å². The zero-order valence-electron chi connectivity index (χ0n) is 10.8. The zero-order chi connectivity index (χ0) is 13.1. The molecule has 2 rings (SSSR count). The Morgan fingerprint density at radius 1 is 1.50 bits per heavy atom. The van der Waals surface area contributed by atoms with Crippen LogP contribution >= 0.6 is 11.3 Å². The van der Waals surface area contributed by atoms with Crippen molar-refractivity contribution in [2.24, 2.45) is 0 Å². The standard InChI is InChI=1S/C14H16N2OS/c1-4-16-9-13(8-15-16)14(17)6-5-12-7-10(2)18-11(12)3/h5-9H,4H2,1-3H3/b6-5+. The molecule has 0 saturated carbocycles. The molecule has 0 N–H and O–H groups in total. The second-order valence-electron chi connectivity index (χ2n) is 4.15. The summed E-state index contributed by atoms with van der Waals surface area (Å²) in [7, 11) is 0. The Hall–Kier alpha value is -1.68. The third-order valence-corrected chi connectivity index (χ3v) is 3.72. The van der Waals surface area contributed by atoms with Crippen LogP contribution in [0, 0.1) is 13.8 Å². The highest BCUT2D eigenvalue weighted by Crippen LogP contribution is 2.21. The molecule has 0 aromatic carbocycles. The first-order chi connectivity index (χ1) is 8.60. The van der Waals surface area contributed by atoms with Crippen molar-refractivity contribution in [2.45, 2.75) is 27.3 Å². The van der Waals surface area contributed by atoms with Gasteiger partial charge in [-0.1, -0.05) is 0 Å². The fraction of sp³-hybridized carbons (Fsp3) is 0.286. The van der Waals surface area contributed by atoms with E-state index in [0.717, 1.165) is 12.1 Å². The van der Waals surface area contributed by atoms with E-state index < -0.39 is 0 Å². The summed E-state index contributed by atoms with van der Waals surface area (Å²) in [5.41, 5.74) is 1.76. The van der Waals surface area contributed by atoms with E-state index in [1.54, 1.807) is 34.5 Å². The first-order valence-electron chi connectivity index (χ1n) is 5.92. The number of aryl methyl sites for hydroxylation is 3. The molecular weight excluding hydrogens is 244 g/mol. The highest BCUT2D eigenvalue weighted by Gasteiger charge is 2.05. The highest BCUT2D eigenvalue weighted by atomic mass is 32.1. The fourth-order valence-corrected chi connectivity index (χ4v) is 2.66. The van der Waals surface area contributed by atoms with Crippen LogP contribution in [-0.4, -0.2) is 15.6 Å². The van der Waals surface area contributed by atoms with Crippen molar-refractivity contribution in [1.29, 1.82) is 0 Å². The van der Waals surface area contributed by atoms with Crippen LogP contribution in [-0.2, 0) is 6.54 Å². The Morgan fingerprint density at radius 3 is 2.83 bits per heavy atom. The quantitative estimate of drug-likeness (QED) is 0.623. The fourth-order valence-electron chi connectivity index (χ4n) is 1.74. The molecule has 0 aliphatic carbocycles. The third kappa shape index (κ3) is 2.76. The minimum absolute atomic E-state index is 0.00190. The van der Waals surface area contributed by atoms with E-state index in [4.69, 9.17) is 0 Å². The topological polar surface area (TPSA) is 34.9 Å². The van der Waals surface area contributed by atoms with Gasteiger partial charge in [0.15, 0.2) is 5.78 Å². The first kappa shape index (κ1) is 12.8. The van der Waals surface area contributed by atoms with E-state index in [-0.39, 0.29) is 5.78 Å². The second kappa shape index (κ2) is 5.31. The van der Waals surface area contributed by atoms with Crippen molar-refractivity contribution in [3.63, 3.8) is 0 Å². The number of thiophene rings is 1. The molecule has 0 radical (unpaired) electrons. The summed E-state index contributed by atoms with van der Waals surface area (Å²) >= 11 is 1.75. The lowest BCUT2D eigenvalue weighted by molar-refractivity contribution is 0.104. The molecule has 0 unspecified atom stereocenters. The van der Waals surface area contributed by atoms with E-state index in [9.17, 15) is 4.79 Å². The number of ketones is 1. The molecule has 0 fully saturated rings. The molecule has 18 heavy (non-hydrogen) atoms. The number of carbonyl (C=O) groups excluding carboxylic acids is 1. The molecule has 4 heteroatoms. The summed E-state index contributed by atoms with van der Waals surface area (Å²) in [5, 5.41) is 4.10. The van der Waals surface area contributed by atoms with Gasteiger partial charge in [-0.25, -0.2) is 0 Å². The number of aromatic nitrogens is 2. The molecule has 0 spiro atoms. The molecule has 2 aromatic rings. The Morgan fingerprint density at radius 2 is 2.28 bits per heavy atom. The molecule has 3 nitrogen and oxygen atoms in total. The molecule has 94 valence electrons. The molecule has 0 aliphatic heterocycles. The summed E-state index contributed by atoms with van der Waals surface area (Å²) in [6, 6.07) is 2.10. The van der Waals surface area contributed by atoms with Crippen molar-refractivity contribution < 1.29 is 4.79 Å². The molecule has 0 atom stereocenters. The Balaban J connectivity index is 2.13. The minimum atomic E-state index is -0.00190. The van der Waals surface area contributed by atoms with Crippen LogP contribution < -0.4 is 0 Å². The number of hydrogen-bond donors (Lipinski definition) is 0. The Bertz CT molecular complexity index is 593. The van der Waals surface area contributed by atoms with Crippen molar-refractivity contribution in [2.75, 3.05) is 0 Å². The monoisotopic (exact) mass is 260 g/mol. The lowest BCUT2D eigenvalue weighted by atomic mass is 10.1. The smallest absolute Gasteiger partial charge is 0.189 e. The highest BCUT2D eigenvalue weighted by molar-refractivity contribution is 7.12.